The lowest BCUT2D eigenvalue weighted by molar-refractivity contribution is 0.370. The van der Waals surface area contributed by atoms with Gasteiger partial charge in [-0.2, -0.15) is 0 Å². The van der Waals surface area contributed by atoms with Crippen LogP contribution in [-0.4, -0.2) is 30.0 Å². The number of hydrogen-bond acceptors (Lipinski definition) is 6. The molecule has 1 aromatic heterocycles. The van der Waals surface area contributed by atoms with Crippen molar-refractivity contribution in [3.63, 3.8) is 0 Å². The Morgan fingerprint density at radius 1 is 1.30 bits per heavy atom. The largest absolute Gasteiger partial charge is 0.420 e. The van der Waals surface area contributed by atoms with E-state index in [1.165, 1.54) is 11.0 Å². The minimum absolute atomic E-state index is 0.0936. The zero-order chi connectivity index (χ0) is 26.8. The van der Waals surface area contributed by atoms with E-state index in [-0.39, 0.29) is 11.1 Å². The molecule has 1 saturated carbocycles. The number of aliphatic imine (C=N–C) groups is 1. The van der Waals surface area contributed by atoms with Gasteiger partial charge in [0.2, 0.25) is 5.11 Å². The third kappa shape index (κ3) is 5.74. The lowest BCUT2D eigenvalue weighted by Crippen LogP contribution is -2.40. The molecule has 1 aliphatic rings. The number of thiocarbonyl (C=S) groups is 1. The number of fused-ring (bicyclic) bond motifs is 1. The van der Waals surface area contributed by atoms with Crippen molar-refractivity contribution in [3.05, 3.63) is 63.9 Å². The van der Waals surface area contributed by atoms with Gasteiger partial charge in [-0.25, -0.2) is 22.6 Å². The number of nitrogens with two attached hydrogens (primary N) is 2. The molecule has 3 aromatic rings. The maximum atomic E-state index is 15.0. The highest BCUT2D eigenvalue weighted by molar-refractivity contribution is 7.91. The van der Waals surface area contributed by atoms with Crippen molar-refractivity contribution >= 4 is 44.8 Å². The summed E-state index contributed by atoms with van der Waals surface area (Å²) < 4.78 is 48.6. The topological polar surface area (TPSA) is 146 Å². The predicted octanol–water partition coefficient (Wildman–Crippen LogP) is 2.91. The second kappa shape index (κ2) is 10.5. The Bertz CT molecular complexity index is 1610. The normalized spacial score (nSPS) is 16.3. The van der Waals surface area contributed by atoms with E-state index in [0.29, 0.717) is 0 Å². The highest BCUT2D eigenvalue weighted by atomic mass is 32.2. The number of nitrogens with one attached hydrogen (secondary N) is 1. The maximum absolute atomic E-state index is 15.0. The molecule has 0 amide bonds. The fourth-order valence-electron chi connectivity index (χ4n) is 4.40. The lowest BCUT2D eigenvalue weighted by atomic mass is 9.83. The molecule has 0 bridgehead atoms. The molecule has 0 saturated heterocycles. The van der Waals surface area contributed by atoms with E-state index < -0.39 is 43.2 Å². The summed E-state index contributed by atoms with van der Waals surface area (Å²) in [6, 6.07) is 8.63. The summed E-state index contributed by atoms with van der Waals surface area (Å²) >= 11 is 4.74. The van der Waals surface area contributed by atoms with Crippen LogP contribution in [0.5, 0.6) is 0 Å². The van der Waals surface area contributed by atoms with E-state index in [4.69, 9.17) is 28.1 Å². The smallest absolute Gasteiger partial charge is 0.408 e. The third-order valence-corrected chi connectivity index (χ3v) is 8.02. The van der Waals surface area contributed by atoms with Crippen LogP contribution in [0.25, 0.3) is 11.1 Å². The van der Waals surface area contributed by atoms with Gasteiger partial charge in [-0.1, -0.05) is 43.2 Å². The van der Waals surface area contributed by atoms with E-state index >= 15 is 0 Å². The maximum Gasteiger partial charge on any atom is 0.420 e. The average Bonchev–Trinajstić information content (AvgIpc) is 3.16. The van der Waals surface area contributed by atoms with E-state index in [9.17, 15) is 17.6 Å². The minimum Gasteiger partial charge on any atom is -0.408 e. The van der Waals surface area contributed by atoms with Crippen LogP contribution in [0.3, 0.4) is 0 Å². The van der Waals surface area contributed by atoms with Crippen molar-refractivity contribution in [1.82, 2.24) is 9.29 Å². The monoisotopic (exact) mass is 543 g/mol. The summed E-state index contributed by atoms with van der Waals surface area (Å²) in [5, 5.41) is -0.471. The van der Waals surface area contributed by atoms with Gasteiger partial charge in [0, 0.05) is 17.7 Å². The molecule has 4 rings (SSSR count). The minimum atomic E-state index is -4.44. The number of benzene rings is 2. The fourth-order valence-corrected chi connectivity index (χ4v) is 5.76. The Hall–Kier alpha value is -3.53. The molecular weight excluding hydrogens is 517 g/mol. The van der Waals surface area contributed by atoms with Crippen molar-refractivity contribution in [1.29, 1.82) is 0 Å². The molecule has 1 fully saturated rings. The van der Waals surface area contributed by atoms with Crippen molar-refractivity contribution in [2.45, 2.75) is 55.5 Å². The Morgan fingerprint density at radius 2 is 2.03 bits per heavy atom. The van der Waals surface area contributed by atoms with Gasteiger partial charge >= 0.3 is 5.76 Å². The summed E-state index contributed by atoms with van der Waals surface area (Å²) in [4.78, 5) is 15.4. The summed E-state index contributed by atoms with van der Waals surface area (Å²) in [6.07, 6.45) is 5.80. The van der Waals surface area contributed by atoms with Gasteiger partial charge < -0.3 is 15.9 Å². The molecule has 194 valence electrons. The number of aromatic nitrogens is 1. The van der Waals surface area contributed by atoms with Crippen LogP contribution in [0, 0.1) is 17.7 Å². The van der Waals surface area contributed by atoms with Crippen molar-refractivity contribution in [3.8, 4) is 11.8 Å². The van der Waals surface area contributed by atoms with Crippen LogP contribution in [0.2, 0.25) is 0 Å². The first kappa shape index (κ1) is 26.5. The van der Waals surface area contributed by atoms with Crippen molar-refractivity contribution in [2.75, 3.05) is 0 Å². The van der Waals surface area contributed by atoms with Gasteiger partial charge in [0.25, 0.3) is 10.0 Å². The molecule has 0 unspecified atom stereocenters. The van der Waals surface area contributed by atoms with Crippen LogP contribution < -0.4 is 21.9 Å². The van der Waals surface area contributed by atoms with E-state index in [0.717, 1.165) is 55.3 Å². The summed E-state index contributed by atoms with van der Waals surface area (Å²) in [7, 11) is -4.44. The predicted molar refractivity (Wildman–Crippen MR) is 143 cm³/mol. The molecule has 2 aromatic carbocycles. The van der Waals surface area contributed by atoms with Gasteiger partial charge in [-0.15, -0.1) is 0 Å². The average molecular weight is 544 g/mol. The zero-order valence-electron chi connectivity index (χ0n) is 20.0. The van der Waals surface area contributed by atoms with Gasteiger partial charge in [-0.05, 0) is 49.7 Å². The van der Waals surface area contributed by atoms with E-state index in [1.807, 2.05) is 29.0 Å². The number of halogens is 1. The second-order valence-corrected chi connectivity index (χ2v) is 11.0. The van der Waals surface area contributed by atoms with Crippen molar-refractivity contribution in [2.24, 2.45) is 16.5 Å². The first-order valence-corrected chi connectivity index (χ1v) is 13.5. The molecule has 0 aliphatic heterocycles. The molecule has 1 aliphatic carbocycles. The fraction of sp³-hybridized carbons (Fsp3) is 0.320. The molecule has 9 nitrogen and oxygen atoms in total. The Kier molecular flexibility index (Phi) is 7.49. The molecule has 12 heteroatoms. The zero-order valence-corrected chi connectivity index (χ0v) is 21.7. The molecule has 1 heterocycles. The molecule has 5 N–H and O–H groups in total. The molecule has 0 spiro atoms. The third-order valence-electron chi connectivity index (χ3n) is 6.33. The van der Waals surface area contributed by atoms with Crippen LogP contribution in [0.15, 0.2) is 55.5 Å². The second-order valence-electron chi connectivity index (χ2n) is 8.95. The Labute approximate surface area is 218 Å². The molecule has 1 atom stereocenters. The Balaban J connectivity index is 1.69. The highest BCUT2D eigenvalue weighted by Crippen LogP contribution is 2.28. The number of oxazole rings is 1. The summed E-state index contributed by atoms with van der Waals surface area (Å²) in [5.74, 6) is 4.50. The van der Waals surface area contributed by atoms with Crippen LogP contribution >= 0.6 is 12.2 Å². The van der Waals surface area contributed by atoms with Gasteiger partial charge in [0.15, 0.2) is 5.58 Å². The SMILES string of the molecule is C[C@H](c1cccc(C#CC2(N)CCCCC2)c1)n1c(=O)oc2cc(S(=O)(=O)NC(=S)N=CN)c(F)cc21. The first-order chi connectivity index (χ1) is 17.5. The summed E-state index contributed by atoms with van der Waals surface area (Å²) in [6.45, 7) is 1.75. The van der Waals surface area contributed by atoms with Gasteiger partial charge in [0.05, 0.1) is 23.4 Å². The lowest BCUT2D eigenvalue weighted by Gasteiger charge is -2.27. The molecule has 37 heavy (non-hydrogen) atoms. The van der Waals surface area contributed by atoms with E-state index in [1.54, 1.807) is 6.92 Å². The number of sulfonamides is 1. The number of hydrogen-bond donors (Lipinski definition) is 3. The molecule has 0 radical (unpaired) electrons. The van der Waals surface area contributed by atoms with Crippen LogP contribution in [0.4, 0.5) is 4.39 Å². The van der Waals surface area contributed by atoms with Crippen LogP contribution in [-0.2, 0) is 10.0 Å². The number of rotatable bonds is 4. The number of nitrogens with zero attached hydrogens (tertiary/aromatic N) is 2. The highest BCUT2D eigenvalue weighted by Gasteiger charge is 2.26. The van der Waals surface area contributed by atoms with Crippen LogP contribution in [0.1, 0.15) is 56.2 Å². The molecular formula is C25H26FN5O4S2. The quantitative estimate of drug-likeness (QED) is 0.198. The van der Waals surface area contributed by atoms with E-state index in [2.05, 4.69) is 16.8 Å². The first-order valence-electron chi connectivity index (χ1n) is 11.6. The standard InChI is InChI=1S/C25H26FN5O4S2/c1-16(18-7-5-6-17(12-18)8-11-25(28)9-3-2-4-10-25)31-20-13-19(26)22(14-21(20)35-24(31)32)37(33,34)30-23(36)29-15-27/h5-7,12-16H,2-4,9-10,28H2,1H3,(H3,27,29,30,36)/t16-/m1/s1. The Morgan fingerprint density at radius 3 is 2.73 bits per heavy atom. The summed E-state index contributed by atoms with van der Waals surface area (Å²) in [5.41, 5.74) is 12.5. The van der Waals surface area contributed by atoms with Gasteiger partial charge in [-0.3, -0.25) is 9.29 Å². The van der Waals surface area contributed by atoms with Gasteiger partial charge in [0.1, 0.15) is 10.7 Å². The van der Waals surface area contributed by atoms with Crippen molar-refractivity contribution < 1.29 is 17.2 Å².